The summed E-state index contributed by atoms with van der Waals surface area (Å²) in [6.07, 6.45) is 14.4. The molecule has 2 nitrogen and oxygen atoms in total. The van der Waals surface area contributed by atoms with Gasteiger partial charge >= 0.3 is 0 Å². The van der Waals surface area contributed by atoms with E-state index in [-0.39, 0.29) is 10.8 Å². The molecule has 0 bridgehead atoms. The topological polar surface area (TPSA) is 18.5 Å². The van der Waals surface area contributed by atoms with Gasteiger partial charge in [-0.15, -0.1) is 23.2 Å². The fourth-order valence-electron chi connectivity index (χ4n) is 2.62. The molecule has 0 saturated carbocycles. The van der Waals surface area contributed by atoms with E-state index in [1.807, 2.05) is 0 Å². The molecule has 0 saturated heterocycles. The molecule has 0 aromatic rings. The Morgan fingerprint density at radius 3 is 1.33 bits per heavy atom. The predicted molar refractivity (Wildman–Crippen MR) is 108 cm³/mol. The number of ether oxygens (including phenoxy) is 2. The molecule has 0 N–H and O–H groups in total. The second-order valence-electron chi connectivity index (χ2n) is 6.70. The van der Waals surface area contributed by atoms with Gasteiger partial charge in [-0.1, -0.05) is 65.2 Å². The van der Waals surface area contributed by atoms with Gasteiger partial charge in [0.1, 0.15) is 0 Å². The largest absolute Gasteiger partial charge is 0.379 e. The SMILES string of the molecule is CCCCCCC(Cl)CCOCCOCCC(Cl)CCCCCC. The van der Waals surface area contributed by atoms with Gasteiger partial charge in [-0.3, -0.25) is 0 Å². The Balaban J connectivity index is 3.21. The minimum absolute atomic E-state index is 0.257. The van der Waals surface area contributed by atoms with E-state index >= 15 is 0 Å². The van der Waals surface area contributed by atoms with E-state index in [2.05, 4.69) is 13.8 Å². The zero-order chi connectivity index (χ0) is 17.9. The van der Waals surface area contributed by atoms with Gasteiger partial charge in [0.2, 0.25) is 0 Å². The lowest BCUT2D eigenvalue weighted by atomic mass is 10.1. The first-order valence-corrected chi connectivity index (χ1v) is 11.0. The van der Waals surface area contributed by atoms with Gasteiger partial charge in [0.25, 0.3) is 0 Å². The summed E-state index contributed by atoms with van der Waals surface area (Å²) in [6, 6.07) is 0. The molecule has 0 aliphatic rings. The van der Waals surface area contributed by atoms with Crippen molar-refractivity contribution in [2.45, 2.75) is 102 Å². The third-order valence-electron chi connectivity index (χ3n) is 4.26. The van der Waals surface area contributed by atoms with Crippen LogP contribution in [0.1, 0.15) is 90.9 Å². The molecule has 0 rings (SSSR count). The minimum Gasteiger partial charge on any atom is -0.379 e. The van der Waals surface area contributed by atoms with Crippen LogP contribution in [0, 0.1) is 0 Å². The first-order chi connectivity index (χ1) is 11.7. The highest BCUT2D eigenvalue weighted by Gasteiger charge is 2.05. The van der Waals surface area contributed by atoms with E-state index in [1.54, 1.807) is 0 Å². The Hall–Kier alpha value is 0.500. The monoisotopic (exact) mass is 382 g/mol. The Kier molecular flexibility index (Phi) is 20.2. The third kappa shape index (κ3) is 18.8. The smallest absolute Gasteiger partial charge is 0.0700 e. The molecular formula is C20H40Cl2O2. The van der Waals surface area contributed by atoms with Gasteiger partial charge in [-0.2, -0.15) is 0 Å². The van der Waals surface area contributed by atoms with Crippen molar-refractivity contribution in [3.05, 3.63) is 0 Å². The van der Waals surface area contributed by atoms with Crippen molar-refractivity contribution < 1.29 is 9.47 Å². The van der Waals surface area contributed by atoms with Crippen LogP contribution in [0.15, 0.2) is 0 Å². The van der Waals surface area contributed by atoms with Crippen molar-refractivity contribution in [2.75, 3.05) is 26.4 Å². The van der Waals surface area contributed by atoms with Gasteiger partial charge in [0, 0.05) is 24.0 Å². The molecular weight excluding hydrogens is 343 g/mol. The Labute approximate surface area is 161 Å². The van der Waals surface area contributed by atoms with E-state index < -0.39 is 0 Å². The quantitative estimate of drug-likeness (QED) is 0.177. The molecule has 0 fully saturated rings. The summed E-state index contributed by atoms with van der Waals surface area (Å²) in [6.45, 7) is 7.25. The van der Waals surface area contributed by atoms with Crippen LogP contribution in [0.4, 0.5) is 0 Å². The fraction of sp³-hybridized carbons (Fsp3) is 1.00. The van der Waals surface area contributed by atoms with Gasteiger partial charge in [-0.05, 0) is 25.7 Å². The molecule has 0 spiro atoms. The van der Waals surface area contributed by atoms with Crippen LogP contribution < -0.4 is 0 Å². The van der Waals surface area contributed by atoms with Crippen LogP contribution in [0.3, 0.4) is 0 Å². The second kappa shape index (κ2) is 19.8. The fourth-order valence-corrected chi connectivity index (χ4v) is 3.11. The Morgan fingerprint density at radius 1 is 0.542 bits per heavy atom. The maximum atomic E-state index is 6.29. The number of hydrogen-bond acceptors (Lipinski definition) is 2. The molecule has 0 amide bonds. The highest BCUT2D eigenvalue weighted by Crippen LogP contribution is 2.14. The summed E-state index contributed by atoms with van der Waals surface area (Å²) in [5.41, 5.74) is 0. The van der Waals surface area contributed by atoms with Crippen molar-refractivity contribution in [3.8, 4) is 0 Å². The van der Waals surface area contributed by atoms with Crippen molar-refractivity contribution in [3.63, 3.8) is 0 Å². The molecule has 0 heterocycles. The number of rotatable bonds is 19. The van der Waals surface area contributed by atoms with Crippen LogP contribution in [-0.2, 0) is 9.47 Å². The average molecular weight is 383 g/mol. The summed E-state index contributed by atoms with van der Waals surface area (Å²) < 4.78 is 11.2. The van der Waals surface area contributed by atoms with E-state index in [9.17, 15) is 0 Å². The molecule has 0 aromatic heterocycles. The molecule has 4 heteroatoms. The van der Waals surface area contributed by atoms with Crippen LogP contribution in [0.2, 0.25) is 0 Å². The maximum Gasteiger partial charge on any atom is 0.0700 e. The summed E-state index contributed by atoms with van der Waals surface area (Å²) in [7, 11) is 0. The highest BCUT2D eigenvalue weighted by molar-refractivity contribution is 6.20. The number of alkyl halides is 2. The van der Waals surface area contributed by atoms with E-state index in [1.165, 1.54) is 51.4 Å². The molecule has 2 unspecified atom stereocenters. The molecule has 2 atom stereocenters. The van der Waals surface area contributed by atoms with Gasteiger partial charge in [-0.25, -0.2) is 0 Å². The lowest BCUT2D eigenvalue weighted by molar-refractivity contribution is 0.0453. The Bertz CT molecular complexity index is 216. The lowest BCUT2D eigenvalue weighted by Gasteiger charge is -2.11. The van der Waals surface area contributed by atoms with Crippen molar-refractivity contribution in [2.24, 2.45) is 0 Å². The van der Waals surface area contributed by atoms with Crippen LogP contribution >= 0.6 is 23.2 Å². The average Bonchev–Trinajstić information content (AvgIpc) is 2.58. The van der Waals surface area contributed by atoms with E-state index in [0.29, 0.717) is 13.2 Å². The van der Waals surface area contributed by atoms with Crippen molar-refractivity contribution in [1.82, 2.24) is 0 Å². The third-order valence-corrected chi connectivity index (χ3v) is 5.14. The van der Waals surface area contributed by atoms with E-state index in [0.717, 1.165) is 38.9 Å². The van der Waals surface area contributed by atoms with Crippen molar-refractivity contribution >= 4 is 23.2 Å². The summed E-state index contributed by atoms with van der Waals surface area (Å²) in [5, 5.41) is 0.514. The maximum absolute atomic E-state index is 6.29. The standard InChI is InChI=1S/C20H40Cl2O2/c1-3-5-7-9-11-19(21)13-15-23-17-18-24-16-14-20(22)12-10-8-6-4-2/h19-20H,3-18H2,1-2H3. The first kappa shape index (κ1) is 24.5. The zero-order valence-electron chi connectivity index (χ0n) is 16.0. The minimum atomic E-state index is 0.257. The first-order valence-electron chi connectivity index (χ1n) is 10.1. The van der Waals surface area contributed by atoms with Crippen LogP contribution in [0.25, 0.3) is 0 Å². The van der Waals surface area contributed by atoms with Gasteiger partial charge in [0.15, 0.2) is 0 Å². The molecule has 146 valence electrons. The molecule has 0 aliphatic heterocycles. The predicted octanol–water partition coefficient (Wildman–Crippen LogP) is 6.96. The van der Waals surface area contributed by atoms with Crippen LogP contribution in [0.5, 0.6) is 0 Å². The molecule has 0 radical (unpaired) electrons. The highest BCUT2D eigenvalue weighted by atomic mass is 35.5. The molecule has 24 heavy (non-hydrogen) atoms. The summed E-state index contributed by atoms with van der Waals surface area (Å²) in [4.78, 5) is 0. The summed E-state index contributed by atoms with van der Waals surface area (Å²) >= 11 is 12.6. The van der Waals surface area contributed by atoms with E-state index in [4.69, 9.17) is 32.7 Å². The number of hydrogen-bond donors (Lipinski definition) is 0. The summed E-state index contributed by atoms with van der Waals surface area (Å²) in [5.74, 6) is 0. The van der Waals surface area contributed by atoms with Gasteiger partial charge in [0.05, 0.1) is 13.2 Å². The molecule has 0 aromatic carbocycles. The zero-order valence-corrected chi connectivity index (χ0v) is 17.6. The lowest BCUT2D eigenvalue weighted by Crippen LogP contribution is -2.11. The Morgan fingerprint density at radius 2 is 0.958 bits per heavy atom. The number of halogens is 2. The van der Waals surface area contributed by atoms with Crippen LogP contribution in [-0.4, -0.2) is 37.2 Å². The van der Waals surface area contributed by atoms with Crippen molar-refractivity contribution in [1.29, 1.82) is 0 Å². The number of unbranched alkanes of at least 4 members (excludes halogenated alkanes) is 6. The molecule has 0 aliphatic carbocycles. The normalized spacial score (nSPS) is 14.0. The second-order valence-corrected chi connectivity index (χ2v) is 7.93. The van der Waals surface area contributed by atoms with Gasteiger partial charge < -0.3 is 9.47 Å².